The van der Waals surface area contributed by atoms with Gasteiger partial charge in [-0.1, -0.05) is 60.7 Å². The molecule has 19 heteroatoms. The Morgan fingerprint density at radius 3 is 1.47 bits per heavy atom. The van der Waals surface area contributed by atoms with Crippen molar-refractivity contribution in [2.45, 2.75) is 36.3 Å². The fourth-order valence-electron chi connectivity index (χ4n) is 4.76. The van der Waals surface area contributed by atoms with Crippen molar-refractivity contribution in [3.05, 3.63) is 106 Å². The first-order chi connectivity index (χ1) is 21.7. The predicted molar refractivity (Wildman–Crippen MR) is 154 cm³/mol. The van der Waals surface area contributed by atoms with E-state index < -0.39 is 86.2 Å². The third kappa shape index (κ3) is 7.05. The number of imide groups is 1. The topological polar surface area (TPSA) is 225 Å². The Balaban J connectivity index is 1.63. The van der Waals surface area contributed by atoms with E-state index in [0.717, 1.165) is 24.3 Å². The van der Waals surface area contributed by atoms with E-state index in [-0.39, 0.29) is 22.3 Å². The number of rotatable bonds is 12. The molecule has 47 heavy (non-hydrogen) atoms. The SMILES string of the molecule is NC(=O)[C@H](Cc1ccc(C(F)(F)P(=O)(O)O)cc1)NC(=O)[C@H](Cc1ccc(C(F)(F)P(=O)(O)O)cc1)N1C(=O)c2ccccc2C1=O. The number of carbonyl (C=O) groups excluding carboxylic acids is 4. The van der Waals surface area contributed by atoms with Gasteiger partial charge in [-0.3, -0.25) is 33.2 Å². The standard InChI is InChI=1S/C28H25F4N3O10P2/c29-27(30,46(40,41)42)17-9-5-15(6-10-17)13-21(23(33)36)34-24(37)22(35-25(38)19-3-1-2-4-20(19)26(35)39)14-16-7-11-18(12-8-16)28(31,32)47(43,44)45/h1-12,21-22H,13-14H2,(H2,33,36)(H,34,37)(H2,40,41,42)(H2,43,44,45)/t21-,22-/m0/s1. The van der Waals surface area contributed by atoms with Gasteiger partial charge in [-0.05, 0) is 23.3 Å². The van der Waals surface area contributed by atoms with E-state index in [4.69, 9.17) is 25.3 Å². The van der Waals surface area contributed by atoms with Crippen LogP contribution in [0.2, 0.25) is 0 Å². The van der Waals surface area contributed by atoms with E-state index in [0.29, 0.717) is 29.2 Å². The van der Waals surface area contributed by atoms with Crippen LogP contribution in [0.3, 0.4) is 0 Å². The smallest absolute Gasteiger partial charge is 0.368 e. The summed E-state index contributed by atoms with van der Waals surface area (Å²) in [5.41, 5.74) is -5.60. The van der Waals surface area contributed by atoms with Crippen LogP contribution in [0.5, 0.6) is 0 Å². The van der Waals surface area contributed by atoms with Crippen LogP contribution in [0.4, 0.5) is 17.6 Å². The Morgan fingerprint density at radius 1 is 0.723 bits per heavy atom. The zero-order chi connectivity index (χ0) is 35.1. The van der Waals surface area contributed by atoms with Crippen LogP contribution in [-0.4, -0.2) is 60.2 Å². The van der Waals surface area contributed by atoms with E-state index in [9.17, 15) is 45.9 Å². The molecule has 4 amide bonds. The number of hydrogen-bond donors (Lipinski definition) is 6. The van der Waals surface area contributed by atoms with Crippen LogP contribution >= 0.6 is 15.2 Å². The quantitative estimate of drug-likeness (QED) is 0.0920. The molecule has 0 spiro atoms. The van der Waals surface area contributed by atoms with Crippen molar-refractivity contribution in [2.75, 3.05) is 0 Å². The highest BCUT2D eigenvalue weighted by Crippen LogP contribution is 2.60. The number of alkyl halides is 4. The minimum absolute atomic E-state index is 0.0504. The van der Waals surface area contributed by atoms with Gasteiger partial charge in [0.25, 0.3) is 11.8 Å². The van der Waals surface area contributed by atoms with Crippen LogP contribution in [0, 0.1) is 0 Å². The molecular weight excluding hydrogens is 676 g/mol. The van der Waals surface area contributed by atoms with Crippen molar-refractivity contribution in [3.8, 4) is 0 Å². The van der Waals surface area contributed by atoms with Crippen LogP contribution in [0.25, 0.3) is 0 Å². The average Bonchev–Trinajstić information content (AvgIpc) is 3.24. The number of benzene rings is 3. The van der Waals surface area contributed by atoms with Gasteiger partial charge in [-0.25, -0.2) is 0 Å². The number of hydrogen-bond acceptors (Lipinski definition) is 6. The lowest BCUT2D eigenvalue weighted by Crippen LogP contribution is -2.55. The Bertz CT molecular complexity index is 1790. The molecule has 4 rings (SSSR count). The Labute approximate surface area is 262 Å². The molecule has 0 fully saturated rings. The summed E-state index contributed by atoms with van der Waals surface area (Å²) in [6, 6.07) is 9.11. The third-order valence-electron chi connectivity index (χ3n) is 7.30. The molecule has 250 valence electrons. The second kappa shape index (κ2) is 12.8. The number of nitrogens with zero attached hydrogens (tertiary/aromatic N) is 1. The lowest BCUT2D eigenvalue weighted by Gasteiger charge is -2.27. The fourth-order valence-corrected chi connectivity index (χ4v) is 5.73. The van der Waals surface area contributed by atoms with Gasteiger partial charge in [0, 0.05) is 24.0 Å². The summed E-state index contributed by atoms with van der Waals surface area (Å²) in [6.45, 7) is 0. The van der Waals surface area contributed by atoms with E-state index in [2.05, 4.69) is 5.32 Å². The van der Waals surface area contributed by atoms with E-state index in [1.807, 2.05) is 0 Å². The van der Waals surface area contributed by atoms with Gasteiger partial charge < -0.3 is 30.6 Å². The normalized spacial score (nSPS) is 15.3. The third-order valence-corrected chi connectivity index (χ3v) is 9.28. The van der Waals surface area contributed by atoms with Crippen LogP contribution in [0.15, 0.2) is 72.8 Å². The molecule has 0 bridgehead atoms. The molecule has 2 atom stereocenters. The highest BCUT2D eigenvalue weighted by atomic mass is 31.2. The minimum atomic E-state index is -5.90. The lowest BCUT2D eigenvalue weighted by molar-refractivity contribution is -0.129. The van der Waals surface area contributed by atoms with Crippen molar-refractivity contribution in [3.63, 3.8) is 0 Å². The summed E-state index contributed by atoms with van der Waals surface area (Å²) in [4.78, 5) is 89.0. The maximum absolute atomic E-state index is 14.2. The van der Waals surface area contributed by atoms with E-state index >= 15 is 0 Å². The monoisotopic (exact) mass is 701 g/mol. The molecule has 1 heterocycles. The molecule has 0 saturated heterocycles. The number of amides is 4. The Kier molecular flexibility index (Phi) is 9.66. The number of halogens is 4. The van der Waals surface area contributed by atoms with Crippen molar-refractivity contribution >= 4 is 38.8 Å². The van der Waals surface area contributed by atoms with Gasteiger partial charge >= 0.3 is 26.5 Å². The summed E-state index contributed by atoms with van der Waals surface area (Å²) >= 11 is 0. The number of primary amides is 1. The number of carbonyl (C=O) groups is 4. The summed E-state index contributed by atoms with van der Waals surface area (Å²) in [5.74, 6) is -4.04. The number of nitrogens with one attached hydrogen (secondary N) is 1. The number of fused-ring (bicyclic) bond motifs is 1. The first kappa shape index (κ1) is 35.6. The molecule has 0 aliphatic carbocycles. The lowest BCUT2D eigenvalue weighted by atomic mass is 10.00. The molecule has 0 unspecified atom stereocenters. The fraction of sp³-hybridized carbons (Fsp3) is 0.214. The molecule has 13 nitrogen and oxygen atoms in total. The summed E-state index contributed by atoms with van der Waals surface area (Å²) < 4.78 is 78.9. The summed E-state index contributed by atoms with van der Waals surface area (Å²) in [7, 11) is -11.8. The molecular formula is C28H25F4N3O10P2. The minimum Gasteiger partial charge on any atom is -0.368 e. The molecule has 1 aliphatic rings. The molecule has 0 saturated carbocycles. The van der Waals surface area contributed by atoms with Gasteiger partial charge in [-0.2, -0.15) is 17.6 Å². The van der Waals surface area contributed by atoms with Crippen molar-refractivity contribution in [2.24, 2.45) is 5.73 Å². The second-order valence-corrected chi connectivity index (χ2v) is 13.8. The Morgan fingerprint density at radius 2 is 1.11 bits per heavy atom. The van der Waals surface area contributed by atoms with Gasteiger partial charge in [-0.15, -0.1) is 0 Å². The summed E-state index contributed by atoms with van der Waals surface area (Å²) in [5, 5.41) is 2.30. The maximum Gasteiger partial charge on any atom is 0.399 e. The van der Waals surface area contributed by atoms with Gasteiger partial charge in [0.15, 0.2) is 0 Å². The van der Waals surface area contributed by atoms with E-state index in [1.165, 1.54) is 24.3 Å². The van der Waals surface area contributed by atoms with Gasteiger partial charge in [0.2, 0.25) is 11.8 Å². The highest BCUT2D eigenvalue weighted by Gasteiger charge is 2.51. The van der Waals surface area contributed by atoms with Crippen LogP contribution in [0.1, 0.15) is 43.0 Å². The second-order valence-electron chi connectivity index (χ2n) is 10.5. The van der Waals surface area contributed by atoms with Crippen molar-refractivity contribution in [1.82, 2.24) is 10.2 Å². The molecule has 3 aromatic carbocycles. The molecule has 0 radical (unpaired) electrons. The largest absolute Gasteiger partial charge is 0.399 e. The van der Waals surface area contributed by atoms with Crippen LogP contribution < -0.4 is 11.1 Å². The summed E-state index contributed by atoms with van der Waals surface area (Å²) in [6.07, 6.45) is -0.944. The molecule has 1 aliphatic heterocycles. The highest BCUT2D eigenvalue weighted by molar-refractivity contribution is 7.52. The Hall–Kier alpha value is -4.24. The maximum atomic E-state index is 14.2. The van der Waals surface area contributed by atoms with Gasteiger partial charge in [0.1, 0.15) is 12.1 Å². The first-order valence-corrected chi connectivity index (χ1v) is 16.5. The first-order valence-electron chi connectivity index (χ1n) is 13.3. The van der Waals surface area contributed by atoms with Gasteiger partial charge in [0.05, 0.1) is 11.1 Å². The average molecular weight is 701 g/mol. The molecule has 7 N–H and O–H groups in total. The van der Waals surface area contributed by atoms with Crippen molar-refractivity contribution in [1.29, 1.82) is 0 Å². The zero-order valence-electron chi connectivity index (χ0n) is 23.7. The zero-order valence-corrected chi connectivity index (χ0v) is 25.5. The number of nitrogens with two attached hydrogens (primary N) is 1. The van der Waals surface area contributed by atoms with Crippen molar-refractivity contribution < 1.29 is 65.4 Å². The van der Waals surface area contributed by atoms with E-state index in [1.54, 1.807) is 0 Å². The molecule has 0 aromatic heterocycles. The van der Waals surface area contributed by atoms with Crippen LogP contribution in [-0.2, 0) is 42.9 Å². The molecule has 3 aromatic rings. The predicted octanol–water partition coefficient (Wildman–Crippen LogP) is 2.56.